The molecule has 0 atom stereocenters. The summed E-state index contributed by atoms with van der Waals surface area (Å²) in [5.41, 5.74) is 6.59. The maximum absolute atomic E-state index is 12.0. The minimum atomic E-state index is 0.327. The van der Waals surface area contributed by atoms with Gasteiger partial charge in [0, 0.05) is 12.8 Å². The van der Waals surface area contributed by atoms with Crippen LogP contribution < -0.4 is 5.73 Å². The first-order valence-electron chi connectivity index (χ1n) is 6.99. The maximum Gasteiger partial charge on any atom is 0.137 e. The predicted molar refractivity (Wildman–Crippen MR) is 80.2 cm³/mol. The minimum absolute atomic E-state index is 0.327. The molecule has 0 heterocycles. The van der Waals surface area contributed by atoms with E-state index >= 15 is 0 Å². The minimum Gasteiger partial charge on any atom is -0.330 e. The lowest BCUT2D eigenvalue weighted by Gasteiger charge is -2.06. The molecule has 0 amide bonds. The highest BCUT2D eigenvalue weighted by atomic mass is 16.1. The lowest BCUT2D eigenvalue weighted by Crippen LogP contribution is -2.04. The quantitative estimate of drug-likeness (QED) is 0.770. The Morgan fingerprint density at radius 1 is 0.947 bits per heavy atom. The Kier molecular flexibility index (Phi) is 5.10. The molecule has 0 spiro atoms. The van der Waals surface area contributed by atoms with Crippen molar-refractivity contribution < 1.29 is 4.79 Å². The molecule has 0 bridgehead atoms. The van der Waals surface area contributed by atoms with E-state index in [1.54, 1.807) is 0 Å². The number of Topliss-reactive ketones (excluding diaryl/α,β-unsaturated/α-hetero) is 1. The van der Waals surface area contributed by atoms with E-state index in [2.05, 4.69) is 24.3 Å². The molecule has 2 nitrogen and oxygen atoms in total. The molecule has 0 aliphatic carbocycles. The van der Waals surface area contributed by atoms with Crippen LogP contribution in [0.25, 0.3) is 10.8 Å². The number of unbranched alkanes of at least 4 members (excludes halogenated alkanes) is 2. The van der Waals surface area contributed by atoms with Gasteiger partial charge in [-0.3, -0.25) is 4.79 Å². The second-order valence-corrected chi connectivity index (χ2v) is 4.95. The molecule has 0 radical (unpaired) electrons. The number of fused-ring (bicyclic) bond motifs is 1. The largest absolute Gasteiger partial charge is 0.330 e. The molecule has 0 aliphatic heterocycles. The summed E-state index contributed by atoms with van der Waals surface area (Å²) in [6, 6.07) is 14.4. The third-order valence-electron chi connectivity index (χ3n) is 3.43. The van der Waals surface area contributed by atoms with E-state index in [0.29, 0.717) is 18.6 Å². The molecule has 100 valence electrons. The number of hydrogen-bond donors (Lipinski definition) is 1. The highest BCUT2D eigenvalue weighted by Crippen LogP contribution is 2.19. The standard InChI is InChI=1S/C17H21NO/c18-12-5-1-2-10-16(19)13-15-9-6-8-14-7-3-4-11-17(14)15/h3-4,6-9,11H,1-2,5,10,12-13,18H2. The summed E-state index contributed by atoms with van der Waals surface area (Å²) < 4.78 is 0. The number of ketones is 1. The van der Waals surface area contributed by atoms with Crippen molar-refractivity contribution in [2.24, 2.45) is 5.73 Å². The fourth-order valence-electron chi connectivity index (χ4n) is 2.39. The van der Waals surface area contributed by atoms with Gasteiger partial charge in [0.2, 0.25) is 0 Å². The van der Waals surface area contributed by atoms with Gasteiger partial charge >= 0.3 is 0 Å². The summed E-state index contributed by atoms with van der Waals surface area (Å²) in [6.07, 6.45) is 4.24. The van der Waals surface area contributed by atoms with Crippen molar-refractivity contribution in [1.82, 2.24) is 0 Å². The van der Waals surface area contributed by atoms with Crippen molar-refractivity contribution in [3.05, 3.63) is 48.0 Å². The van der Waals surface area contributed by atoms with Crippen LogP contribution in [0.2, 0.25) is 0 Å². The van der Waals surface area contributed by atoms with E-state index in [1.165, 1.54) is 10.8 Å². The van der Waals surface area contributed by atoms with Gasteiger partial charge in [-0.05, 0) is 35.7 Å². The summed E-state index contributed by atoms with van der Waals surface area (Å²) >= 11 is 0. The monoisotopic (exact) mass is 255 g/mol. The van der Waals surface area contributed by atoms with Crippen LogP contribution in [0.4, 0.5) is 0 Å². The van der Waals surface area contributed by atoms with Gasteiger partial charge in [-0.1, -0.05) is 48.9 Å². The van der Waals surface area contributed by atoms with E-state index in [-0.39, 0.29) is 0 Å². The number of hydrogen-bond acceptors (Lipinski definition) is 2. The van der Waals surface area contributed by atoms with Crippen LogP contribution in [0.1, 0.15) is 31.2 Å². The fraction of sp³-hybridized carbons (Fsp3) is 0.353. The number of rotatable bonds is 7. The molecular formula is C17H21NO. The van der Waals surface area contributed by atoms with E-state index in [1.807, 2.05) is 18.2 Å². The van der Waals surface area contributed by atoms with Gasteiger partial charge in [0.25, 0.3) is 0 Å². The van der Waals surface area contributed by atoms with Crippen molar-refractivity contribution in [3.8, 4) is 0 Å². The van der Waals surface area contributed by atoms with E-state index < -0.39 is 0 Å². The molecule has 2 N–H and O–H groups in total. The summed E-state index contributed by atoms with van der Waals surface area (Å²) in [5, 5.41) is 2.40. The number of carbonyl (C=O) groups is 1. The smallest absolute Gasteiger partial charge is 0.137 e. The zero-order valence-corrected chi connectivity index (χ0v) is 11.3. The Labute approximate surface area is 114 Å². The molecule has 0 saturated heterocycles. The zero-order chi connectivity index (χ0) is 13.5. The van der Waals surface area contributed by atoms with Gasteiger partial charge in [-0.25, -0.2) is 0 Å². The fourth-order valence-corrected chi connectivity index (χ4v) is 2.39. The Hall–Kier alpha value is -1.67. The Balaban J connectivity index is 1.99. The Bertz CT molecular complexity index is 542. The molecule has 2 heteroatoms. The van der Waals surface area contributed by atoms with Crippen molar-refractivity contribution >= 4 is 16.6 Å². The van der Waals surface area contributed by atoms with Gasteiger partial charge in [0.15, 0.2) is 0 Å². The van der Waals surface area contributed by atoms with Crippen molar-refractivity contribution in [2.75, 3.05) is 6.54 Å². The molecule has 2 rings (SSSR count). The number of nitrogens with two attached hydrogens (primary N) is 1. The topological polar surface area (TPSA) is 43.1 Å². The van der Waals surface area contributed by atoms with Gasteiger partial charge in [-0.15, -0.1) is 0 Å². The molecule has 2 aromatic rings. The Morgan fingerprint density at radius 3 is 2.58 bits per heavy atom. The molecule has 0 unspecified atom stereocenters. The Morgan fingerprint density at radius 2 is 1.74 bits per heavy atom. The molecule has 0 aromatic heterocycles. The first kappa shape index (κ1) is 13.8. The summed E-state index contributed by atoms with van der Waals surface area (Å²) in [4.78, 5) is 12.0. The summed E-state index contributed by atoms with van der Waals surface area (Å²) in [7, 11) is 0. The first-order chi connectivity index (χ1) is 9.31. The molecule has 0 fully saturated rings. The van der Waals surface area contributed by atoms with Crippen LogP contribution >= 0.6 is 0 Å². The normalized spacial score (nSPS) is 10.8. The van der Waals surface area contributed by atoms with E-state index in [4.69, 9.17) is 5.73 Å². The lowest BCUT2D eigenvalue weighted by molar-refractivity contribution is -0.118. The maximum atomic E-state index is 12.0. The molecule has 19 heavy (non-hydrogen) atoms. The van der Waals surface area contributed by atoms with E-state index in [9.17, 15) is 4.79 Å². The highest BCUT2D eigenvalue weighted by molar-refractivity contribution is 5.90. The average Bonchev–Trinajstić information content (AvgIpc) is 2.44. The zero-order valence-electron chi connectivity index (χ0n) is 11.3. The molecule has 0 saturated carbocycles. The van der Waals surface area contributed by atoms with Crippen molar-refractivity contribution in [2.45, 2.75) is 32.1 Å². The first-order valence-corrected chi connectivity index (χ1v) is 6.99. The van der Waals surface area contributed by atoms with Crippen LogP contribution in [-0.2, 0) is 11.2 Å². The van der Waals surface area contributed by atoms with E-state index in [0.717, 1.165) is 31.4 Å². The van der Waals surface area contributed by atoms with Gasteiger partial charge in [0.1, 0.15) is 5.78 Å². The predicted octanol–water partition coefficient (Wildman–Crippen LogP) is 3.47. The van der Waals surface area contributed by atoms with Crippen LogP contribution in [0, 0.1) is 0 Å². The second-order valence-electron chi connectivity index (χ2n) is 4.95. The highest BCUT2D eigenvalue weighted by Gasteiger charge is 2.06. The SMILES string of the molecule is NCCCCCC(=O)Cc1cccc2ccccc12. The van der Waals surface area contributed by atoms with Gasteiger partial charge < -0.3 is 5.73 Å². The van der Waals surface area contributed by atoms with Crippen LogP contribution in [-0.4, -0.2) is 12.3 Å². The molecule has 2 aromatic carbocycles. The summed E-state index contributed by atoms with van der Waals surface area (Å²) in [6.45, 7) is 0.720. The average molecular weight is 255 g/mol. The second kappa shape index (κ2) is 7.05. The van der Waals surface area contributed by atoms with Crippen molar-refractivity contribution in [1.29, 1.82) is 0 Å². The number of carbonyl (C=O) groups excluding carboxylic acids is 1. The molecule has 0 aliphatic rings. The lowest BCUT2D eigenvalue weighted by atomic mass is 9.98. The van der Waals surface area contributed by atoms with Crippen molar-refractivity contribution in [3.63, 3.8) is 0 Å². The summed E-state index contributed by atoms with van der Waals surface area (Å²) in [5.74, 6) is 0.327. The number of benzene rings is 2. The third-order valence-corrected chi connectivity index (χ3v) is 3.43. The van der Waals surface area contributed by atoms with Crippen LogP contribution in [0.3, 0.4) is 0 Å². The third kappa shape index (κ3) is 3.90. The molecular weight excluding hydrogens is 234 g/mol. The van der Waals surface area contributed by atoms with Crippen LogP contribution in [0.15, 0.2) is 42.5 Å². The van der Waals surface area contributed by atoms with Gasteiger partial charge in [0.05, 0.1) is 0 Å². The van der Waals surface area contributed by atoms with Crippen LogP contribution in [0.5, 0.6) is 0 Å². The van der Waals surface area contributed by atoms with Gasteiger partial charge in [-0.2, -0.15) is 0 Å².